The van der Waals surface area contributed by atoms with Crippen LogP contribution >= 0.6 is 27.5 Å². The van der Waals surface area contributed by atoms with E-state index in [4.69, 9.17) is 24.9 Å². The largest absolute Gasteiger partial charge is 0.688 e. The Bertz CT molecular complexity index is 833. The third-order valence-corrected chi connectivity index (χ3v) is 22.0. The van der Waals surface area contributed by atoms with Gasteiger partial charge in [0.2, 0.25) is 0 Å². The third kappa shape index (κ3) is 6.58. The van der Waals surface area contributed by atoms with Crippen LogP contribution in [0.4, 0.5) is 0 Å². The van der Waals surface area contributed by atoms with Gasteiger partial charge in [-0.15, -0.1) is 54.4 Å². The zero-order valence-corrected chi connectivity index (χ0v) is 28.4. The molecule has 1 aromatic rings. The van der Waals surface area contributed by atoms with Crippen LogP contribution < -0.4 is 13.3 Å². The molecule has 0 bridgehead atoms. The molecule has 0 spiro atoms. The SMILES string of the molecule is CC(C)(C)[Si-](C)(C)Oc1cc(O[Si-](C)(C)C(C)(C)C)c(O[Si-](C)(C)C(C)(C)C)c(Cl)c1Br. The Kier molecular flexibility index (Phi) is 8.69. The monoisotopic (exact) mass is 580 g/mol. The van der Waals surface area contributed by atoms with E-state index in [0.29, 0.717) is 16.5 Å². The highest BCUT2D eigenvalue weighted by molar-refractivity contribution is 9.10. The summed E-state index contributed by atoms with van der Waals surface area (Å²) in [5.41, 5.74) is 0. The average molecular weight is 582 g/mol. The first-order valence-electron chi connectivity index (χ1n) is 11.4. The molecule has 1 rings (SSSR count). The van der Waals surface area contributed by atoms with Crippen molar-refractivity contribution in [1.82, 2.24) is 0 Å². The molecule has 0 fully saturated rings. The third-order valence-electron chi connectivity index (χ3n) is 7.60. The standard InChI is InChI=1S/C24H46BrClO3Si3/c1-22(2,3)30(10,11)27-17-16-18(28-31(12,13)23(4,5)6)21(20(26)19(17)25)29-32(14,15)24(7,8)9/h16H,1-15H3/q-3. The molecule has 0 unspecified atom stereocenters. The maximum atomic E-state index is 6.97. The lowest BCUT2D eigenvalue weighted by molar-refractivity contribution is 0.434. The van der Waals surface area contributed by atoms with Crippen molar-refractivity contribution in [2.75, 3.05) is 0 Å². The number of rotatable bonds is 6. The van der Waals surface area contributed by atoms with E-state index in [1.54, 1.807) is 0 Å². The molecule has 0 heterocycles. The van der Waals surface area contributed by atoms with Crippen LogP contribution in [0.25, 0.3) is 0 Å². The van der Waals surface area contributed by atoms with E-state index in [0.717, 1.165) is 10.2 Å². The number of hydrogen-bond acceptors (Lipinski definition) is 3. The van der Waals surface area contributed by atoms with Crippen molar-refractivity contribution in [3.63, 3.8) is 0 Å². The Balaban J connectivity index is 3.74. The van der Waals surface area contributed by atoms with Gasteiger partial charge in [0.1, 0.15) is 11.5 Å². The topological polar surface area (TPSA) is 27.7 Å². The second-order valence-corrected chi connectivity index (χ2v) is 28.8. The van der Waals surface area contributed by atoms with Crippen molar-refractivity contribution in [3.05, 3.63) is 15.6 Å². The Hall–Kier alpha value is 0.0406. The number of benzene rings is 1. The van der Waals surface area contributed by atoms with Crippen LogP contribution in [-0.4, -0.2) is 25.0 Å². The van der Waals surface area contributed by atoms with Crippen molar-refractivity contribution in [1.29, 1.82) is 0 Å². The summed E-state index contributed by atoms with van der Waals surface area (Å²) in [6.45, 7) is 33.5. The van der Waals surface area contributed by atoms with Crippen LogP contribution in [0.1, 0.15) is 62.3 Å². The number of hydrogen-bond donors (Lipinski definition) is 0. The molecule has 0 atom stereocenters. The van der Waals surface area contributed by atoms with E-state index in [2.05, 4.69) is 118 Å². The molecule has 0 aromatic heterocycles. The Labute approximate surface area is 214 Å². The van der Waals surface area contributed by atoms with E-state index in [1.807, 2.05) is 6.07 Å². The normalized spacial score (nSPS) is 14.4. The van der Waals surface area contributed by atoms with Crippen molar-refractivity contribution >= 4 is 52.5 Å². The molecule has 1 aromatic carbocycles. The molecule has 0 saturated heterocycles. The molecule has 32 heavy (non-hydrogen) atoms. The van der Waals surface area contributed by atoms with Crippen molar-refractivity contribution in [2.24, 2.45) is 0 Å². The molecule has 0 radical (unpaired) electrons. The van der Waals surface area contributed by atoms with Gasteiger partial charge in [-0.2, -0.15) is 0 Å². The lowest BCUT2D eigenvalue weighted by atomic mass is 10.2. The van der Waals surface area contributed by atoms with E-state index in [1.165, 1.54) is 0 Å². The average Bonchev–Trinajstić information content (AvgIpc) is 2.52. The molecule has 0 aliphatic heterocycles. The number of halogens is 2. The van der Waals surface area contributed by atoms with Gasteiger partial charge in [-0.1, -0.05) is 73.9 Å². The summed E-state index contributed by atoms with van der Waals surface area (Å²) in [7, 11) is -6.37. The fraction of sp³-hybridized carbons (Fsp3) is 0.750. The first-order valence-corrected chi connectivity index (χ1v) is 21.3. The lowest BCUT2D eigenvalue weighted by Crippen LogP contribution is -2.46. The van der Waals surface area contributed by atoms with Crippen LogP contribution in [-0.2, 0) is 0 Å². The molecular weight excluding hydrogens is 536 g/mol. The van der Waals surface area contributed by atoms with Crippen LogP contribution in [0, 0.1) is 0 Å². The molecule has 189 valence electrons. The summed E-state index contributed by atoms with van der Waals surface area (Å²) in [6.07, 6.45) is 0. The summed E-state index contributed by atoms with van der Waals surface area (Å²) in [5.74, 6) is 2.07. The molecule has 0 aliphatic rings. The molecule has 8 heteroatoms. The van der Waals surface area contributed by atoms with Gasteiger partial charge < -0.3 is 13.3 Å². The quantitative estimate of drug-likeness (QED) is 0.313. The zero-order chi connectivity index (χ0) is 25.7. The molecule has 0 saturated carbocycles. The maximum absolute atomic E-state index is 6.97. The van der Waals surface area contributed by atoms with Crippen molar-refractivity contribution in [3.8, 4) is 17.2 Å². The highest BCUT2D eigenvalue weighted by Gasteiger charge is 2.33. The second-order valence-electron chi connectivity index (χ2n) is 13.4. The summed E-state index contributed by atoms with van der Waals surface area (Å²) in [6, 6.07) is 2.00. The highest BCUT2D eigenvalue weighted by atomic mass is 79.9. The second kappa shape index (κ2) is 9.25. The van der Waals surface area contributed by atoms with Crippen LogP contribution in [0.15, 0.2) is 10.5 Å². The van der Waals surface area contributed by atoms with E-state index >= 15 is 0 Å². The van der Waals surface area contributed by atoms with Crippen molar-refractivity contribution in [2.45, 2.75) is 117 Å². The maximum Gasteiger partial charge on any atom is 0.132 e. The Morgan fingerprint density at radius 3 is 1.28 bits per heavy atom. The molecular formula is C24H46BrClO3Si3-3. The van der Waals surface area contributed by atoms with E-state index < -0.39 is 25.0 Å². The van der Waals surface area contributed by atoms with E-state index in [9.17, 15) is 0 Å². The van der Waals surface area contributed by atoms with Crippen LogP contribution in [0.2, 0.25) is 59.4 Å². The summed E-state index contributed by atoms with van der Waals surface area (Å²) in [5, 5.41) is 0.671. The van der Waals surface area contributed by atoms with Gasteiger partial charge in [-0.3, -0.25) is 0 Å². The van der Waals surface area contributed by atoms with Gasteiger partial charge >= 0.3 is 0 Å². The predicted octanol–water partition coefficient (Wildman–Crippen LogP) is 10.3. The van der Waals surface area contributed by atoms with Gasteiger partial charge in [0, 0.05) is 31.0 Å². The molecule has 0 amide bonds. The fourth-order valence-electron chi connectivity index (χ4n) is 2.07. The first-order chi connectivity index (χ1) is 13.8. The molecule has 3 nitrogen and oxygen atoms in total. The van der Waals surface area contributed by atoms with Gasteiger partial charge in [0.25, 0.3) is 0 Å². The highest BCUT2D eigenvalue weighted by Crippen LogP contribution is 2.52. The van der Waals surface area contributed by atoms with Gasteiger partial charge in [0.15, 0.2) is 0 Å². The minimum Gasteiger partial charge on any atom is -0.688 e. The minimum atomic E-state index is -2.15. The van der Waals surface area contributed by atoms with Gasteiger partial charge in [-0.25, -0.2) is 0 Å². The summed E-state index contributed by atoms with van der Waals surface area (Å²) >= 11 is 10.7. The molecule has 0 N–H and O–H groups in total. The fourth-order valence-corrected chi connectivity index (χ4v) is 5.93. The zero-order valence-electron chi connectivity index (χ0n) is 23.1. The summed E-state index contributed by atoms with van der Waals surface area (Å²) < 4.78 is 21.0. The minimum absolute atomic E-state index is 0.0351. The summed E-state index contributed by atoms with van der Waals surface area (Å²) in [4.78, 5) is 0. The van der Waals surface area contributed by atoms with Crippen LogP contribution in [0.5, 0.6) is 17.2 Å². The Morgan fingerprint density at radius 2 is 0.938 bits per heavy atom. The predicted molar refractivity (Wildman–Crippen MR) is 153 cm³/mol. The first kappa shape index (κ1) is 30.1. The van der Waals surface area contributed by atoms with Crippen molar-refractivity contribution < 1.29 is 13.3 Å². The lowest BCUT2D eigenvalue weighted by Gasteiger charge is -2.52. The smallest absolute Gasteiger partial charge is 0.132 e. The molecule has 0 aliphatic carbocycles. The Morgan fingerprint density at radius 1 is 0.625 bits per heavy atom. The van der Waals surface area contributed by atoms with E-state index in [-0.39, 0.29) is 15.1 Å². The van der Waals surface area contributed by atoms with Gasteiger partial charge in [-0.05, 0) is 15.9 Å². The van der Waals surface area contributed by atoms with Gasteiger partial charge in [0.05, 0.1) is 15.2 Å². The van der Waals surface area contributed by atoms with Crippen LogP contribution in [0.3, 0.4) is 0 Å².